The number of nitrogens with one attached hydrogen (secondary N) is 2. The quantitative estimate of drug-likeness (QED) is 0.401. The van der Waals surface area contributed by atoms with Gasteiger partial charge in [-0.15, -0.1) is 0 Å². The van der Waals surface area contributed by atoms with Crippen LogP contribution in [-0.4, -0.2) is 40.1 Å². The maximum atomic E-state index is 12.8. The monoisotopic (exact) mass is 543 g/mol. The zero-order valence-corrected chi connectivity index (χ0v) is 22.9. The second-order valence-electron chi connectivity index (χ2n) is 9.50. The molecule has 3 aromatic rings. The SMILES string of the molecule is COc1ccc(Cl)cc1N(CC(=O)Nc1cccc(NC(=O)c2ccc(C(C)(C)C)cc2)c1)S(C)(=O)=O. The Bertz CT molecular complexity index is 1400. The Hall–Kier alpha value is -3.56. The van der Waals surface area contributed by atoms with Gasteiger partial charge in [0, 0.05) is 22.0 Å². The molecule has 0 radical (unpaired) electrons. The molecule has 10 heteroatoms. The van der Waals surface area contributed by atoms with Crippen LogP contribution in [0.3, 0.4) is 0 Å². The van der Waals surface area contributed by atoms with Crippen molar-refractivity contribution in [1.82, 2.24) is 0 Å². The van der Waals surface area contributed by atoms with E-state index in [0.717, 1.165) is 16.1 Å². The van der Waals surface area contributed by atoms with Gasteiger partial charge in [-0.25, -0.2) is 8.42 Å². The van der Waals surface area contributed by atoms with E-state index in [1.54, 1.807) is 42.5 Å². The standard InChI is InChI=1S/C27H30ClN3O5S/c1-27(2,3)19-11-9-18(10-12-19)26(33)30-22-8-6-7-21(16-22)29-25(32)17-31(37(5,34)35)23-15-20(28)13-14-24(23)36-4/h6-16H,17H2,1-5H3,(H,29,32)(H,30,33). The number of nitrogens with zero attached hydrogens (tertiary/aromatic N) is 1. The van der Waals surface area contributed by atoms with Crippen molar-refractivity contribution in [2.75, 3.05) is 34.8 Å². The van der Waals surface area contributed by atoms with Crippen LogP contribution in [-0.2, 0) is 20.2 Å². The lowest BCUT2D eigenvalue weighted by Gasteiger charge is -2.24. The second-order valence-corrected chi connectivity index (χ2v) is 11.8. The summed E-state index contributed by atoms with van der Waals surface area (Å²) in [5.41, 5.74) is 2.60. The molecular formula is C27H30ClN3O5S. The number of ether oxygens (including phenoxy) is 1. The van der Waals surface area contributed by atoms with Crippen molar-refractivity contribution in [3.05, 3.63) is 82.9 Å². The number of sulfonamides is 1. The van der Waals surface area contributed by atoms with E-state index in [0.29, 0.717) is 22.0 Å². The van der Waals surface area contributed by atoms with Crippen LogP contribution < -0.4 is 19.7 Å². The first-order valence-electron chi connectivity index (χ1n) is 11.4. The summed E-state index contributed by atoms with van der Waals surface area (Å²) in [5, 5.41) is 5.78. The lowest BCUT2D eigenvalue weighted by atomic mass is 9.87. The summed E-state index contributed by atoms with van der Waals surface area (Å²) in [4.78, 5) is 25.5. The average Bonchev–Trinajstić information content (AvgIpc) is 2.81. The minimum atomic E-state index is -3.84. The lowest BCUT2D eigenvalue weighted by Crippen LogP contribution is -2.37. The molecule has 0 spiro atoms. The summed E-state index contributed by atoms with van der Waals surface area (Å²) in [6, 6.07) is 18.5. The summed E-state index contributed by atoms with van der Waals surface area (Å²) < 4.78 is 31.1. The molecule has 37 heavy (non-hydrogen) atoms. The predicted octanol–water partition coefficient (Wildman–Crippen LogP) is 5.30. The summed E-state index contributed by atoms with van der Waals surface area (Å²) in [7, 11) is -2.45. The van der Waals surface area contributed by atoms with E-state index >= 15 is 0 Å². The third kappa shape index (κ3) is 7.47. The van der Waals surface area contributed by atoms with Gasteiger partial charge in [0.1, 0.15) is 12.3 Å². The molecule has 0 heterocycles. The third-order valence-electron chi connectivity index (χ3n) is 5.51. The van der Waals surface area contributed by atoms with Crippen LogP contribution in [0.1, 0.15) is 36.7 Å². The highest BCUT2D eigenvalue weighted by atomic mass is 35.5. The van der Waals surface area contributed by atoms with E-state index in [9.17, 15) is 18.0 Å². The van der Waals surface area contributed by atoms with Crippen LogP contribution >= 0.6 is 11.6 Å². The van der Waals surface area contributed by atoms with Gasteiger partial charge >= 0.3 is 0 Å². The molecule has 8 nitrogen and oxygen atoms in total. The van der Waals surface area contributed by atoms with Gasteiger partial charge in [-0.1, -0.05) is 50.6 Å². The maximum Gasteiger partial charge on any atom is 0.255 e. The Morgan fingerprint density at radius 2 is 1.57 bits per heavy atom. The van der Waals surface area contributed by atoms with Gasteiger partial charge in [-0.2, -0.15) is 0 Å². The molecule has 0 aliphatic carbocycles. The smallest absolute Gasteiger partial charge is 0.255 e. The van der Waals surface area contributed by atoms with Crippen LogP contribution in [0.5, 0.6) is 5.75 Å². The Morgan fingerprint density at radius 3 is 2.14 bits per heavy atom. The molecule has 2 N–H and O–H groups in total. The predicted molar refractivity (Wildman–Crippen MR) is 148 cm³/mol. The van der Waals surface area contributed by atoms with E-state index in [2.05, 4.69) is 31.4 Å². The van der Waals surface area contributed by atoms with Crippen molar-refractivity contribution in [2.45, 2.75) is 26.2 Å². The van der Waals surface area contributed by atoms with E-state index in [1.807, 2.05) is 12.1 Å². The topological polar surface area (TPSA) is 105 Å². The van der Waals surface area contributed by atoms with Gasteiger partial charge in [-0.05, 0) is 59.5 Å². The number of carbonyl (C=O) groups is 2. The Balaban J connectivity index is 1.73. The van der Waals surface area contributed by atoms with E-state index < -0.39 is 22.5 Å². The fourth-order valence-corrected chi connectivity index (χ4v) is 4.59. The highest BCUT2D eigenvalue weighted by Gasteiger charge is 2.24. The number of carbonyl (C=O) groups excluding carboxylic acids is 2. The highest BCUT2D eigenvalue weighted by molar-refractivity contribution is 7.92. The number of rotatable bonds is 8. The number of hydrogen-bond acceptors (Lipinski definition) is 5. The van der Waals surface area contributed by atoms with Crippen LogP contribution in [0.15, 0.2) is 66.7 Å². The molecule has 0 aliphatic rings. The van der Waals surface area contributed by atoms with Crippen molar-refractivity contribution in [3.63, 3.8) is 0 Å². The molecule has 0 unspecified atom stereocenters. The molecule has 0 fully saturated rings. The first-order chi connectivity index (χ1) is 17.3. The van der Waals surface area contributed by atoms with Crippen molar-refractivity contribution in [1.29, 1.82) is 0 Å². The largest absolute Gasteiger partial charge is 0.495 e. The molecule has 0 aliphatic heterocycles. The van der Waals surface area contributed by atoms with Gasteiger partial charge in [0.05, 0.1) is 19.1 Å². The zero-order chi connectivity index (χ0) is 27.4. The molecule has 0 atom stereocenters. The number of methoxy groups -OCH3 is 1. The minimum Gasteiger partial charge on any atom is -0.495 e. The number of benzene rings is 3. The molecule has 3 aromatic carbocycles. The molecule has 0 bridgehead atoms. The van der Waals surface area contributed by atoms with Gasteiger partial charge in [0.15, 0.2) is 0 Å². The first-order valence-corrected chi connectivity index (χ1v) is 13.6. The fourth-order valence-electron chi connectivity index (χ4n) is 3.57. The van der Waals surface area contributed by atoms with Crippen LogP contribution in [0, 0.1) is 0 Å². The van der Waals surface area contributed by atoms with Gasteiger partial charge in [-0.3, -0.25) is 13.9 Å². The van der Waals surface area contributed by atoms with Crippen molar-refractivity contribution in [2.24, 2.45) is 0 Å². The minimum absolute atomic E-state index is 0.0217. The molecule has 0 saturated carbocycles. The Labute approximate surface area is 222 Å². The molecule has 0 aromatic heterocycles. The molecule has 0 saturated heterocycles. The molecule has 3 rings (SSSR count). The number of amides is 2. The van der Waals surface area contributed by atoms with Gasteiger partial charge in [0.25, 0.3) is 5.91 Å². The number of anilines is 3. The summed E-state index contributed by atoms with van der Waals surface area (Å²) in [6.07, 6.45) is 0.991. The van der Waals surface area contributed by atoms with Crippen LogP contribution in [0.2, 0.25) is 5.02 Å². The van der Waals surface area contributed by atoms with Crippen molar-refractivity contribution >= 4 is 50.5 Å². The lowest BCUT2D eigenvalue weighted by molar-refractivity contribution is -0.114. The summed E-state index contributed by atoms with van der Waals surface area (Å²) >= 11 is 6.05. The summed E-state index contributed by atoms with van der Waals surface area (Å²) in [6.45, 7) is 5.79. The fraction of sp³-hybridized carbons (Fsp3) is 0.259. The van der Waals surface area contributed by atoms with E-state index in [4.69, 9.17) is 16.3 Å². The van der Waals surface area contributed by atoms with Crippen molar-refractivity contribution < 1.29 is 22.7 Å². The summed E-state index contributed by atoms with van der Waals surface area (Å²) in [5.74, 6) is -0.628. The normalized spacial score (nSPS) is 11.5. The van der Waals surface area contributed by atoms with Crippen LogP contribution in [0.4, 0.5) is 17.1 Å². The highest BCUT2D eigenvalue weighted by Crippen LogP contribution is 2.32. The molecule has 2 amide bonds. The number of hydrogen-bond donors (Lipinski definition) is 2. The first kappa shape index (κ1) is 28.0. The molecular weight excluding hydrogens is 514 g/mol. The zero-order valence-electron chi connectivity index (χ0n) is 21.3. The Morgan fingerprint density at radius 1 is 0.946 bits per heavy atom. The average molecular weight is 544 g/mol. The second kappa shape index (κ2) is 11.2. The Kier molecular flexibility index (Phi) is 8.50. The van der Waals surface area contributed by atoms with E-state index in [-0.39, 0.29) is 22.8 Å². The van der Waals surface area contributed by atoms with Crippen molar-refractivity contribution in [3.8, 4) is 5.75 Å². The van der Waals surface area contributed by atoms with Gasteiger partial charge < -0.3 is 15.4 Å². The third-order valence-corrected chi connectivity index (χ3v) is 6.88. The van der Waals surface area contributed by atoms with Crippen LogP contribution in [0.25, 0.3) is 0 Å². The van der Waals surface area contributed by atoms with Gasteiger partial charge in [0.2, 0.25) is 15.9 Å². The maximum absolute atomic E-state index is 12.8. The molecule has 196 valence electrons. The number of halogens is 1. The van der Waals surface area contributed by atoms with E-state index in [1.165, 1.54) is 19.2 Å².